The van der Waals surface area contributed by atoms with E-state index in [-0.39, 0.29) is 11.8 Å². The van der Waals surface area contributed by atoms with Crippen LogP contribution in [0.15, 0.2) is 24.3 Å². The molecule has 1 saturated heterocycles. The van der Waals surface area contributed by atoms with Crippen LogP contribution in [0, 0.1) is 11.8 Å². The van der Waals surface area contributed by atoms with E-state index in [0.29, 0.717) is 5.92 Å². The minimum absolute atomic E-state index is 0.0283. The highest BCUT2D eigenvalue weighted by molar-refractivity contribution is 5.93. The smallest absolute Gasteiger partial charge is 0.229 e. The lowest BCUT2D eigenvalue weighted by molar-refractivity contribution is -0.122. The molecule has 1 aromatic carbocycles. The highest BCUT2D eigenvalue weighted by atomic mass is 16.5. The zero-order chi connectivity index (χ0) is 17.7. The molecule has 138 valence electrons. The van der Waals surface area contributed by atoms with Gasteiger partial charge >= 0.3 is 0 Å². The molecule has 2 aliphatic rings. The van der Waals surface area contributed by atoms with Crippen molar-refractivity contribution in [1.82, 2.24) is 0 Å². The molecular formula is C20H30N2O3. The predicted molar refractivity (Wildman–Crippen MR) is 98.7 cm³/mol. The Morgan fingerprint density at radius 2 is 1.96 bits per heavy atom. The lowest BCUT2D eigenvalue weighted by atomic mass is 9.74. The average molecular weight is 346 g/mol. The molecule has 5 nitrogen and oxygen atoms in total. The average Bonchev–Trinajstić information content (AvgIpc) is 2.61. The van der Waals surface area contributed by atoms with Crippen molar-refractivity contribution in [2.24, 2.45) is 17.6 Å². The van der Waals surface area contributed by atoms with E-state index in [1.807, 2.05) is 31.2 Å². The van der Waals surface area contributed by atoms with Crippen molar-refractivity contribution < 1.29 is 14.3 Å². The molecule has 1 saturated carbocycles. The lowest BCUT2D eigenvalue weighted by Gasteiger charge is -2.37. The molecule has 2 atom stereocenters. The molecule has 3 N–H and O–H groups in total. The Morgan fingerprint density at radius 3 is 2.64 bits per heavy atom. The van der Waals surface area contributed by atoms with Crippen LogP contribution >= 0.6 is 0 Å². The van der Waals surface area contributed by atoms with E-state index in [1.165, 1.54) is 0 Å². The first-order valence-corrected chi connectivity index (χ1v) is 9.45. The Balaban J connectivity index is 1.50. The van der Waals surface area contributed by atoms with Crippen LogP contribution in [0.3, 0.4) is 0 Å². The first kappa shape index (κ1) is 18.2. The third kappa shape index (κ3) is 4.95. The fourth-order valence-corrected chi connectivity index (χ4v) is 3.78. The number of hydrogen-bond donors (Lipinski definition) is 2. The van der Waals surface area contributed by atoms with Crippen LogP contribution in [0.2, 0.25) is 0 Å². The highest BCUT2D eigenvalue weighted by Crippen LogP contribution is 2.32. The number of carbonyl (C=O) groups excluding carboxylic acids is 1. The number of nitrogens with one attached hydrogen (secondary N) is 1. The second kappa shape index (κ2) is 8.19. The quantitative estimate of drug-likeness (QED) is 0.857. The zero-order valence-electron chi connectivity index (χ0n) is 15.1. The Kier molecular flexibility index (Phi) is 5.97. The van der Waals surface area contributed by atoms with Crippen LogP contribution in [0.25, 0.3) is 0 Å². The Morgan fingerprint density at radius 1 is 1.24 bits per heavy atom. The van der Waals surface area contributed by atoms with Gasteiger partial charge in [-0.3, -0.25) is 4.79 Å². The first-order chi connectivity index (χ1) is 12.0. The molecule has 1 aliphatic carbocycles. The van der Waals surface area contributed by atoms with E-state index in [4.69, 9.17) is 15.2 Å². The molecule has 1 heterocycles. The molecular weight excluding hydrogens is 316 g/mol. The minimum Gasteiger partial charge on any atom is -0.493 e. The topological polar surface area (TPSA) is 73.6 Å². The SMILES string of the molecule is CC1(N)CCCCC1C(=O)Nc1ccc(OCC2CCOCC2)cc1. The van der Waals surface area contributed by atoms with Crippen LogP contribution in [0.5, 0.6) is 5.75 Å². The zero-order valence-corrected chi connectivity index (χ0v) is 15.1. The summed E-state index contributed by atoms with van der Waals surface area (Å²) in [6, 6.07) is 7.62. The van der Waals surface area contributed by atoms with Gasteiger partial charge in [-0.05, 0) is 62.8 Å². The molecule has 3 rings (SSSR count). The van der Waals surface area contributed by atoms with E-state index in [9.17, 15) is 4.79 Å². The van der Waals surface area contributed by atoms with Gasteiger partial charge in [-0.1, -0.05) is 12.8 Å². The van der Waals surface area contributed by atoms with Crippen LogP contribution in [0.1, 0.15) is 45.4 Å². The standard InChI is InChI=1S/C20H30N2O3/c1-20(21)11-3-2-4-18(20)19(23)22-16-5-7-17(8-6-16)25-14-15-9-12-24-13-10-15/h5-8,15,18H,2-4,9-14,21H2,1H3,(H,22,23). The van der Waals surface area contributed by atoms with Crippen LogP contribution in [0.4, 0.5) is 5.69 Å². The van der Waals surface area contributed by atoms with Crippen molar-refractivity contribution in [3.8, 4) is 5.75 Å². The van der Waals surface area contributed by atoms with Gasteiger partial charge in [-0.25, -0.2) is 0 Å². The van der Waals surface area contributed by atoms with Crippen LogP contribution < -0.4 is 15.8 Å². The molecule has 0 radical (unpaired) electrons. The number of carbonyl (C=O) groups is 1. The molecule has 1 aliphatic heterocycles. The molecule has 5 heteroatoms. The van der Waals surface area contributed by atoms with Gasteiger partial charge in [0.25, 0.3) is 0 Å². The van der Waals surface area contributed by atoms with Crippen molar-refractivity contribution in [2.45, 2.75) is 51.0 Å². The number of nitrogens with two attached hydrogens (primary N) is 1. The largest absolute Gasteiger partial charge is 0.493 e. The van der Waals surface area contributed by atoms with Gasteiger partial charge in [-0.2, -0.15) is 0 Å². The maximum atomic E-state index is 12.6. The Labute approximate surface area is 150 Å². The minimum atomic E-state index is -0.408. The van der Waals surface area contributed by atoms with E-state index >= 15 is 0 Å². The summed E-state index contributed by atoms with van der Waals surface area (Å²) < 4.78 is 11.2. The summed E-state index contributed by atoms with van der Waals surface area (Å²) in [4.78, 5) is 12.6. The number of amides is 1. The molecule has 2 unspecified atom stereocenters. The van der Waals surface area contributed by atoms with Gasteiger partial charge < -0.3 is 20.5 Å². The van der Waals surface area contributed by atoms with Crippen molar-refractivity contribution in [3.05, 3.63) is 24.3 Å². The number of ether oxygens (including phenoxy) is 2. The Hall–Kier alpha value is -1.59. The van der Waals surface area contributed by atoms with Gasteiger partial charge in [0.1, 0.15) is 5.75 Å². The van der Waals surface area contributed by atoms with E-state index in [0.717, 1.165) is 69.8 Å². The van der Waals surface area contributed by atoms with Crippen LogP contribution in [-0.2, 0) is 9.53 Å². The normalized spacial score (nSPS) is 27.7. The number of rotatable bonds is 5. The van der Waals surface area contributed by atoms with Crippen molar-refractivity contribution in [1.29, 1.82) is 0 Å². The number of anilines is 1. The molecule has 0 aromatic heterocycles. The van der Waals surface area contributed by atoms with Gasteiger partial charge in [-0.15, -0.1) is 0 Å². The summed E-state index contributed by atoms with van der Waals surface area (Å²) in [6.07, 6.45) is 6.08. The molecule has 0 bridgehead atoms. The fourth-order valence-electron chi connectivity index (χ4n) is 3.78. The third-order valence-corrected chi connectivity index (χ3v) is 5.52. The molecule has 25 heavy (non-hydrogen) atoms. The molecule has 2 fully saturated rings. The second-order valence-electron chi connectivity index (χ2n) is 7.68. The maximum absolute atomic E-state index is 12.6. The van der Waals surface area contributed by atoms with Gasteiger partial charge in [0.05, 0.1) is 12.5 Å². The van der Waals surface area contributed by atoms with Gasteiger partial charge in [0.15, 0.2) is 0 Å². The highest BCUT2D eigenvalue weighted by Gasteiger charge is 2.37. The number of benzene rings is 1. The fraction of sp³-hybridized carbons (Fsp3) is 0.650. The van der Waals surface area contributed by atoms with Crippen molar-refractivity contribution in [2.75, 3.05) is 25.1 Å². The summed E-state index contributed by atoms with van der Waals surface area (Å²) in [5, 5.41) is 3.01. The Bertz CT molecular complexity index is 565. The summed E-state index contributed by atoms with van der Waals surface area (Å²) in [6.45, 7) is 4.38. The predicted octanol–water partition coefficient (Wildman–Crippen LogP) is 3.34. The summed E-state index contributed by atoms with van der Waals surface area (Å²) >= 11 is 0. The van der Waals surface area contributed by atoms with E-state index in [2.05, 4.69) is 5.32 Å². The summed E-state index contributed by atoms with van der Waals surface area (Å²) in [7, 11) is 0. The molecule has 1 aromatic rings. The molecule has 0 spiro atoms. The van der Waals surface area contributed by atoms with Crippen LogP contribution in [-0.4, -0.2) is 31.3 Å². The summed E-state index contributed by atoms with van der Waals surface area (Å²) in [5.74, 6) is 1.32. The van der Waals surface area contributed by atoms with Gasteiger partial charge in [0, 0.05) is 24.4 Å². The second-order valence-corrected chi connectivity index (χ2v) is 7.68. The van der Waals surface area contributed by atoms with Crippen molar-refractivity contribution in [3.63, 3.8) is 0 Å². The first-order valence-electron chi connectivity index (χ1n) is 9.45. The molecule has 1 amide bonds. The third-order valence-electron chi connectivity index (χ3n) is 5.52. The lowest BCUT2D eigenvalue weighted by Crippen LogP contribution is -2.51. The number of hydrogen-bond acceptors (Lipinski definition) is 4. The van der Waals surface area contributed by atoms with Crippen molar-refractivity contribution >= 4 is 11.6 Å². The van der Waals surface area contributed by atoms with E-state index in [1.54, 1.807) is 0 Å². The van der Waals surface area contributed by atoms with E-state index < -0.39 is 5.54 Å². The summed E-state index contributed by atoms with van der Waals surface area (Å²) in [5.41, 5.74) is 6.71. The monoisotopic (exact) mass is 346 g/mol. The van der Waals surface area contributed by atoms with Gasteiger partial charge in [0.2, 0.25) is 5.91 Å². The maximum Gasteiger partial charge on any atom is 0.229 e.